The molecule has 2 nitrogen and oxygen atoms in total. The fourth-order valence-corrected chi connectivity index (χ4v) is 3.38. The number of fused-ring (bicyclic) bond motifs is 1. The molecule has 1 unspecified atom stereocenters. The molecule has 0 fully saturated rings. The van der Waals surface area contributed by atoms with Gasteiger partial charge in [0.05, 0.1) is 5.56 Å². The number of carboxylic acids is 1. The van der Waals surface area contributed by atoms with Crippen LogP contribution in [0, 0.1) is 5.92 Å². The third kappa shape index (κ3) is 3.48. The molecule has 2 aliphatic rings. The summed E-state index contributed by atoms with van der Waals surface area (Å²) in [5.74, 6) is -0.180. The molecule has 0 radical (unpaired) electrons. The second-order valence-corrected chi connectivity index (χ2v) is 6.26. The maximum Gasteiger partial charge on any atom is 0.336 e. The highest BCUT2D eigenvalue weighted by Gasteiger charge is 2.15. The molecule has 2 aliphatic carbocycles. The maximum absolute atomic E-state index is 10.8. The summed E-state index contributed by atoms with van der Waals surface area (Å²) in [5, 5.41) is 10.6. The molecular formula is C22H22O2. The Hall–Kier alpha value is -2.61. The normalized spacial score (nSPS) is 18.8. The van der Waals surface area contributed by atoms with Crippen LogP contribution in [-0.2, 0) is 0 Å². The summed E-state index contributed by atoms with van der Waals surface area (Å²) in [6.07, 6.45) is 12.8. The van der Waals surface area contributed by atoms with E-state index in [0.29, 0.717) is 11.5 Å². The van der Waals surface area contributed by atoms with E-state index in [2.05, 4.69) is 31.2 Å². The lowest BCUT2D eigenvalue weighted by molar-refractivity contribution is 0.0699. The molecule has 2 aromatic rings. The Bertz CT molecular complexity index is 831. The van der Waals surface area contributed by atoms with E-state index in [1.165, 1.54) is 19.3 Å². The Kier molecular flexibility index (Phi) is 4.95. The highest BCUT2D eigenvalue weighted by molar-refractivity contribution is 6.03. The highest BCUT2D eigenvalue weighted by Crippen LogP contribution is 2.32. The first-order chi connectivity index (χ1) is 11.7. The van der Waals surface area contributed by atoms with Crippen molar-refractivity contribution in [2.24, 2.45) is 5.92 Å². The van der Waals surface area contributed by atoms with Gasteiger partial charge in [0.1, 0.15) is 0 Å². The van der Waals surface area contributed by atoms with E-state index in [1.54, 1.807) is 23.3 Å². The van der Waals surface area contributed by atoms with Crippen molar-refractivity contribution in [3.8, 4) is 0 Å². The Morgan fingerprint density at radius 3 is 2.46 bits per heavy atom. The van der Waals surface area contributed by atoms with Gasteiger partial charge in [-0.1, -0.05) is 78.8 Å². The van der Waals surface area contributed by atoms with Crippen LogP contribution in [0.4, 0.5) is 0 Å². The standard InChI is InChI=1S/C11H8O2.C11H14/c12-11(13)10-7-3-5-8-4-1-2-6-9(8)10;1-9-5-4-7-10-6-2-3-8-11(9)10/h1-7H,(H,12,13);2-5,9H,6-8H2,1H3. The summed E-state index contributed by atoms with van der Waals surface area (Å²) >= 11 is 0. The summed E-state index contributed by atoms with van der Waals surface area (Å²) in [6, 6.07) is 12.7. The summed E-state index contributed by atoms with van der Waals surface area (Å²) in [5.41, 5.74) is 3.70. The molecule has 0 saturated carbocycles. The Labute approximate surface area is 142 Å². The van der Waals surface area contributed by atoms with Gasteiger partial charge in [-0.3, -0.25) is 0 Å². The molecule has 0 amide bonds. The Morgan fingerprint density at radius 1 is 0.958 bits per heavy atom. The van der Waals surface area contributed by atoms with Gasteiger partial charge in [-0.05, 0) is 42.0 Å². The number of hydrogen-bond acceptors (Lipinski definition) is 1. The topological polar surface area (TPSA) is 37.3 Å². The first-order valence-electron chi connectivity index (χ1n) is 8.40. The van der Waals surface area contributed by atoms with E-state index >= 15 is 0 Å². The van der Waals surface area contributed by atoms with Crippen LogP contribution < -0.4 is 0 Å². The fourth-order valence-electron chi connectivity index (χ4n) is 3.38. The predicted molar refractivity (Wildman–Crippen MR) is 99.2 cm³/mol. The van der Waals surface area contributed by atoms with Crippen LogP contribution in [-0.4, -0.2) is 11.1 Å². The minimum absolute atomic E-state index is 0.359. The van der Waals surface area contributed by atoms with Gasteiger partial charge in [0.2, 0.25) is 0 Å². The number of carbonyl (C=O) groups is 1. The smallest absolute Gasteiger partial charge is 0.336 e. The van der Waals surface area contributed by atoms with E-state index < -0.39 is 5.97 Å². The quantitative estimate of drug-likeness (QED) is 0.678. The van der Waals surface area contributed by atoms with Crippen LogP contribution in [0.5, 0.6) is 0 Å². The van der Waals surface area contributed by atoms with Gasteiger partial charge < -0.3 is 5.11 Å². The monoisotopic (exact) mass is 318 g/mol. The molecule has 2 aromatic carbocycles. The van der Waals surface area contributed by atoms with Crippen LogP contribution in [0.15, 0.2) is 77.9 Å². The van der Waals surface area contributed by atoms with Gasteiger partial charge in [-0.25, -0.2) is 4.79 Å². The summed E-state index contributed by atoms with van der Waals surface area (Å²) in [4.78, 5) is 10.8. The minimum Gasteiger partial charge on any atom is -0.478 e. The zero-order valence-electron chi connectivity index (χ0n) is 13.9. The third-order valence-electron chi connectivity index (χ3n) is 4.68. The molecule has 0 spiro atoms. The lowest BCUT2D eigenvalue weighted by Gasteiger charge is -2.23. The largest absolute Gasteiger partial charge is 0.478 e. The van der Waals surface area contributed by atoms with Gasteiger partial charge in [-0.15, -0.1) is 0 Å². The van der Waals surface area contributed by atoms with Gasteiger partial charge in [0, 0.05) is 0 Å². The number of carboxylic acid groups (broad SMARTS) is 1. The number of benzene rings is 2. The average molecular weight is 318 g/mol. The molecule has 2 heteroatoms. The van der Waals surface area contributed by atoms with Crippen molar-refractivity contribution >= 4 is 16.7 Å². The molecule has 1 N–H and O–H groups in total. The summed E-state index contributed by atoms with van der Waals surface area (Å²) in [6.45, 7) is 2.30. The van der Waals surface area contributed by atoms with Crippen LogP contribution in [0.2, 0.25) is 0 Å². The van der Waals surface area contributed by atoms with Crippen molar-refractivity contribution in [1.82, 2.24) is 0 Å². The molecule has 0 aromatic heterocycles. The molecule has 0 bridgehead atoms. The van der Waals surface area contributed by atoms with Crippen molar-refractivity contribution in [2.45, 2.75) is 26.2 Å². The van der Waals surface area contributed by atoms with E-state index in [-0.39, 0.29) is 0 Å². The SMILES string of the molecule is CC1C=CCC2=C1CC=CC2.O=C(O)c1cccc2ccccc12. The summed E-state index contributed by atoms with van der Waals surface area (Å²) < 4.78 is 0. The van der Waals surface area contributed by atoms with Crippen molar-refractivity contribution in [3.05, 3.63) is 83.5 Å². The van der Waals surface area contributed by atoms with Gasteiger partial charge >= 0.3 is 5.97 Å². The molecular weight excluding hydrogens is 296 g/mol. The predicted octanol–water partition coefficient (Wildman–Crippen LogP) is 5.77. The lowest BCUT2D eigenvalue weighted by Crippen LogP contribution is -2.06. The van der Waals surface area contributed by atoms with E-state index in [1.807, 2.05) is 30.3 Å². The van der Waals surface area contributed by atoms with E-state index in [4.69, 9.17) is 5.11 Å². The average Bonchev–Trinajstić information content (AvgIpc) is 2.62. The Balaban J connectivity index is 0.000000143. The molecule has 4 rings (SSSR count). The van der Waals surface area contributed by atoms with Crippen molar-refractivity contribution in [1.29, 1.82) is 0 Å². The molecule has 24 heavy (non-hydrogen) atoms. The first kappa shape index (κ1) is 16.3. The minimum atomic E-state index is -0.878. The first-order valence-corrected chi connectivity index (χ1v) is 8.40. The highest BCUT2D eigenvalue weighted by atomic mass is 16.4. The number of allylic oxidation sites excluding steroid dienone is 6. The molecule has 0 saturated heterocycles. The van der Waals surface area contributed by atoms with Crippen LogP contribution >= 0.6 is 0 Å². The second kappa shape index (κ2) is 7.31. The van der Waals surface area contributed by atoms with Gasteiger partial charge in [0.25, 0.3) is 0 Å². The molecule has 1 atom stereocenters. The second-order valence-electron chi connectivity index (χ2n) is 6.26. The van der Waals surface area contributed by atoms with E-state index in [9.17, 15) is 4.79 Å². The van der Waals surface area contributed by atoms with Crippen LogP contribution in [0.1, 0.15) is 36.5 Å². The van der Waals surface area contributed by atoms with Gasteiger partial charge in [0.15, 0.2) is 0 Å². The molecule has 122 valence electrons. The lowest BCUT2D eigenvalue weighted by atomic mass is 9.83. The van der Waals surface area contributed by atoms with Crippen LogP contribution in [0.25, 0.3) is 10.8 Å². The van der Waals surface area contributed by atoms with Crippen LogP contribution in [0.3, 0.4) is 0 Å². The third-order valence-corrected chi connectivity index (χ3v) is 4.68. The van der Waals surface area contributed by atoms with E-state index in [0.717, 1.165) is 10.8 Å². The van der Waals surface area contributed by atoms with Crippen molar-refractivity contribution in [3.63, 3.8) is 0 Å². The summed E-state index contributed by atoms with van der Waals surface area (Å²) in [7, 11) is 0. The number of rotatable bonds is 1. The maximum atomic E-state index is 10.8. The van der Waals surface area contributed by atoms with Crippen molar-refractivity contribution in [2.75, 3.05) is 0 Å². The number of aromatic carboxylic acids is 1. The van der Waals surface area contributed by atoms with Crippen molar-refractivity contribution < 1.29 is 9.90 Å². The Morgan fingerprint density at radius 2 is 1.67 bits per heavy atom. The fraction of sp³-hybridized carbons (Fsp3) is 0.227. The zero-order chi connectivity index (χ0) is 16.9. The zero-order valence-corrected chi connectivity index (χ0v) is 13.9. The molecule has 0 aliphatic heterocycles. The molecule has 0 heterocycles. The van der Waals surface area contributed by atoms with Gasteiger partial charge in [-0.2, -0.15) is 0 Å². The number of hydrogen-bond donors (Lipinski definition) is 1.